The van der Waals surface area contributed by atoms with Crippen molar-refractivity contribution in [1.29, 1.82) is 5.26 Å². The number of ether oxygens (including phenoxy) is 1. The third kappa shape index (κ3) is 5.95. The van der Waals surface area contributed by atoms with Gasteiger partial charge < -0.3 is 15.4 Å². The summed E-state index contributed by atoms with van der Waals surface area (Å²) < 4.78 is 5.73. The van der Waals surface area contributed by atoms with E-state index in [4.69, 9.17) is 10.00 Å². The first-order valence-electron chi connectivity index (χ1n) is 8.23. The average Bonchev–Trinajstić information content (AvgIpc) is 2.61. The second-order valence-corrected chi connectivity index (χ2v) is 5.88. The Bertz CT molecular complexity index is 810. The molecule has 2 rings (SSSR count). The molecule has 26 heavy (non-hydrogen) atoms. The molecule has 2 amide bonds. The molecule has 0 aromatic heterocycles. The predicted molar refractivity (Wildman–Crippen MR) is 98.4 cm³/mol. The highest BCUT2D eigenvalue weighted by Crippen LogP contribution is 2.16. The van der Waals surface area contributed by atoms with E-state index in [1.165, 1.54) is 6.92 Å². The normalized spacial score (nSPS) is 11.1. The Morgan fingerprint density at radius 3 is 2.54 bits per heavy atom. The summed E-state index contributed by atoms with van der Waals surface area (Å²) in [4.78, 5) is 23.1. The highest BCUT2D eigenvalue weighted by Gasteiger charge is 2.13. The topological polar surface area (TPSA) is 91.2 Å². The van der Waals surface area contributed by atoms with E-state index in [-0.39, 0.29) is 11.8 Å². The van der Waals surface area contributed by atoms with Gasteiger partial charge >= 0.3 is 0 Å². The third-order valence-corrected chi connectivity index (χ3v) is 3.62. The van der Waals surface area contributed by atoms with Gasteiger partial charge in [-0.3, -0.25) is 9.59 Å². The van der Waals surface area contributed by atoms with Crippen LogP contribution >= 0.6 is 0 Å². The van der Waals surface area contributed by atoms with Crippen LogP contribution in [-0.4, -0.2) is 17.9 Å². The van der Waals surface area contributed by atoms with E-state index in [0.29, 0.717) is 24.5 Å². The fraction of sp³-hybridized carbons (Fsp3) is 0.250. The highest BCUT2D eigenvalue weighted by atomic mass is 16.5. The maximum atomic E-state index is 12.0. The van der Waals surface area contributed by atoms with E-state index in [1.807, 2.05) is 42.5 Å². The third-order valence-electron chi connectivity index (χ3n) is 3.62. The van der Waals surface area contributed by atoms with Gasteiger partial charge in [0.2, 0.25) is 11.8 Å². The molecule has 0 heterocycles. The van der Waals surface area contributed by atoms with Crippen LogP contribution in [0.25, 0.3) is 0 Å². The standard InChI is InChI=1S/C20H21N3O3/c1-14(22-15(2)24)20(25)23-18-5-3-4-17(12-18)13-26-19-8-6-16(7-9-19)10-11-21/h3-9,12,14H,10,13H2,1-2H3,(H,22,24)(H,23,25). The molecule has 1 atom stereocenters. The molecule has 2 N–H and O–H groups in total. The zero-order valence-electron chi connectivity index (χ0n) is 14.8. The summed E-state index contributed by atoms with van der Waals surface area (Å²) in [5.41, 5.74) is 2.48. The Balaban J connectivity index is 1.93. The molecule has 0 aliphatic rings. The number of hydrogen-bond acceptors (Lipinski definition) is 4. The fourth-order valence-corrected chi connectivity index (χ4v) is 2.32. The van der Waals surface area contributed by atoms with Crippen LogP contribution in [0.5, 0.6) is 5.75 Å². The van der Waals surface area contributed by atoms with Crippen molar-refractivity contribution in [3.05, 3.63) is 59.7 Å². The van der Waals surface area contributed by atoms with Crippen molar-refractivity contribution in [3.63, 3.8) is 0 Å². The van der Waals surface area contributed by atoms with Gasteiger partial charge in [-0.05, 0) is 42.3 Å². The van der Waals surface area contributed by atoms with Crippen LogP contribution in [0.15, 0.2) is 48.5 Å². The fourth-order valence-electron chi connectivity index (χ4n) is 2.32. The van der Waals surface area contributed by atoms with Gasteiger partial charge in [-0.15, -0.1) is 0 Å². The minimum absolute atomic E-state index is 0.254. The summed E-state index contributed by atoms with van der Waals surface area (Å²) in [6, 6.07) is 16.2. The maximum Gasteiger partial charge on any atom is 0.246 e. The van der Waals surface area contributed by atoms with Crippen molar-refractivity contribution >= 4 is 17.5 Å². The van der Waals surface area contributed by atoms with E-state index >= 15 is 0 Å². The lowest BCUT2D eigenvalue weighted by Crippen LogP contribution is -2.40. The van der Waals surface area contributed by atoms with Crippen LogP contribution in [-0.2, 0) is 22.6 Å². The van der Waals surface area contributed by atoms with Gasteiger partial charge in [0.1, 0.15) is 18.4 Å². The van der Waals surface area contributed by atoms with Crippen molar-refractivity contribution in [2.45, 2.75) is 32.9 Å². The number of anilines is 1. The summed E-state index contributed by atoms with van der Waals surface area (Å²) in [5.74, 6) is 0.169. The molecule has 2 aromatic carbocycles. The summed E-state index contributed by atoms with van der Waals surface area (Å²) in [7, 11) is 0. The Morgan fingerprint density at radius 1 is 1.15 bits per heavy atom. The highest BCUT2D eigenvalue weighted by molar-refractivity contribution is 5.96. The van der Waals surface area contributed by atoms with Gasteiger partial charge in [0.05, 0.1) is 12.5 Å². The molecule has 0 radical (unpaired) electrons. The molecule has 0 aliphatic carbocycles. The van der Waals surface area contributed by atoms with Crippen LogP contribution < -0.4 is 15.4 Å². The Morgan fingerprint density at radius 2 is 1.88 bits per heavy atom. The molecular weight excluding hydrogens is 330 g/mol. The van der Waals surface area contributed by atoms with Crippen LogP contribution in [0.1, 0.15) is 25.0 Å². The van der Waals surface area contributed by atoms with Gasteiger partial charge in [-0.25, -0.2) is 0 Å². The lowest BCUT2D eigenvalue weighted by Gasteiger charge is -2.13. The molecule has 0 saturated heterocycles. The molecule has 2 aromatic rings. The number of carbonyl (C=O) groups is 2. The molecule has 0 fully saturated rings. The van der Waals surface area contributed by atoms with Gasteiger partial charge in [0.15, 0.2) is 0 Å². The Kier molecular flexibility index (Phi) is 6.75. The first kappa shape index (κ1) is 19.0. The molecule has 134 valence electrons. The summed E-state index contributed by atoms with van der Waals surface area (Å²) in [6.45, 7) is 3.34. The van der Waals surface area contributed by atoms with E-state index in [9.17, 15) is 9.59 Å². The van der Waals surface area contributed by atoms with Crippen LogP contribution in [0.2, 0.25) is 0 Å². The predicted octanol–water partition coefficient (Wildman–Crippen LogP) is 2.79. The van der Waals surface area contributed by atoms with E-state index in [1.54, 1.807) is 13.0 Å². The quantitative estimate of drug-likeness (QED) is 0.802. The average molecular weight is 351 g/mol. The number of hydrogen-bond donors (Lipinski definition) is 2. The van der Waals surface area contributed by atoms with Gasteiger partial charge in [0.25, 0.3) is 0 Å². The summed E-state index contributed by atoms with van der Waals surface area (Å²) >= 11 is 0. The lowest BCUT2D eigenvalue weighted by atomic mass is 10.1. The van der Waals surface area contributed by atoms with Crippen molar-refractivity contribution in [2.75, 3.05) is 5.32 Å². The molecule has 0 bridgehead atoms. The monoisotopic (exact) mass is 351 g/mol. The van der Waals surface area contributed by atoms with E-state index in [2.05, 4.69) is 16.7 Å². The molecule has 0 spiro atoms. The van der Waals surface area contributed by atoms with Crippen molar-refractivity contribution < 1.29 is 14.3 Å². The second kappa shape index (κ2) is 9.23. The van der Waals surface area contributed by atoms with Crippen LogP contribution in [0.4, 0.5) is 5.69 Å². The van der Waals surface area contributed by atoms with Crippen LogP contribution in [0.3, 0.4) is 0 Å². The largest absolute Gasteiger partial charge is 0.489 e. The molecule has 0 aliphatic heterocycles. The van der Waals surface area contributed by atoms with Gasteiger partial charge in [0, 0.05) is 12.6 Å². The second-order valence-electron chi connectivity index (χ2n) is 5.88. The van der Waals surface area contributed by atoms with E-state index < -0.39 is 6.04 Å². The number of rotatable bonds is 7. The SMILES string of the molecule is CC(=O)NC(C)C(=O)Nc1cccc(COc2ccc(CC#N)cc2)c1. The number of nitrogens with one attached hydrogen (secondary N) is 2. The Hall–Kier alpha value is -3.33. The van der Waals surface area contributed by atoms with E-state index in [0.717, 1.165) is 11.1 Å². The Labute approximate surface area is 152 Å². The maximum absolute atomic E-state index is 12.0. The molecule has 6 heteroatoms. The summed E-state index contributed by atoms with van der Waals surface area (Å²) in [6.07, 6.45) is 0.374. The first-order valence-corrected chi connectivity index (χ1v) is 8.23. The first-order chi connectivity index (χ1) is 12.5. The van der Waals surface area contributed by atoms with Crippen molar-refractivity contribution in [2.24, 2.45) is 0 Å². The minimum Gasteiger partial charge on any atom is -0.489 e. The molecule has 0 saturated carbocycles. The molecular formula is C20H21N3O3. The minimum atomic E-state index is -0.612. The van der Waals surface area contributed by atoms with Gasteiger partial charge in [-0.1, -0.05) is 24.3 Å². The summed E-state index contributed by atoms with van der Waals surface area (Å²) in [5, 5.41) is 14.0. The van der Waals surface area contributed by atoms with Crippen molar-refractivity contribution in [3.8, 4) is 11.8 Å². The van der Waals surface area contributed by atoms with Gasteiger partial charge in [-0.2, -0.15) is 5.26 Å². The number of nitriles is 1. The number of amides is 2. The number of nitrogens with zero attached hydrogens (tertiary/aromatic N) is 1. The van der Waals surface area contributed by atoms with Crippen molar-refractivity contribution in [1.82, 2.24) is 5.32 Å². The van der Waals surface area contributed by atoms with Crippen LogP contribution in [0, 0.1) is 11.3 Å². The smallest absolute Gasteiger partial charge is 0.246 e. The number of carbonyl (C=O) groups excluding carboxylic acids is 2. The molecule has 1 unspecified atom stereocenters. The number of benzene rings is 2. The zero-order chi connectivity index (χ0) is 18.9. The lowest BCUT2D eigenvalue weighted by molar-refractivity contribution is -0.124. The zero-order valence-corrected chi connectivity index (χ0v) is 14.8. The molecule has 6 nitrogen and oxygen atoms in total.